The van der Waals surface area contributed by atoms with E-state index >= 15 is 0 Å². The molecule has 0 amide bonds. The maximum atomic E-state index is 12.3. The van der Waals surface area contributed by atoms with Gasteiger partial charge in [-0.3, -0.25) is 19.6 Å². The Morgan fingerprint density at radius 3 is 2.57 bits per heavy atom. The van der Waals surface area contributed by atoms with Crippen molar-refractivity contribution in [3.05, 3.63) is 78.1 Å². The number of nitrogens with zero attached hydrogens (tertiary/aromatic N) is 3. The fourth-order valence-corrected chi connectivity index (χ4v) is 4.13. The third-order valence-corrected chi connectivity index (χ3v) is 5.50. The minimum atomic E-state index is -0.779. The molecule has 0 radical (unpaired) electrons. The highest BCUT2D eigenvalue weighted by Gasteiger charge is 2.30. The normalized spacial score (nSPS) is 17.3. The van der Waals surface area contributed by atoms with E-state index in [9.17, 15) is 9.90 Å². The van der Waals surface area contributed by atoms with Crippen LogP contribution in [0.5, 0.6) is 0 Å². The van der Waals surface area contributed by atoms with E-state index in [1.54, 1.807) is 0 Å². The van der Waals surface area contributed by atoms with Crippen molar-refractivity contribution in [2.75, 3.05) is 26.2 Å². The third kappa shape index (κ3) is 4.06. The van der Waals surface area contributed by atoms with Crippen molar-refractivity contribution >= 4 is 16.7 Å². The molecule has 4 rings (SSSR count). The molecule has 1 aromatic heterocycles. The van der Waals surface area contributed by atoms with Crippen LogP contribution in [0, 0.1) is 0 Å². The fraction of sp³-hybridized carbons (Fsp3) is 0.304. The van der Waals surface area contributed by atoms with Crippen molar-refractivity contribution in [2.45, 2.75) is 19.0 Å². The van der Waals surface area contributed by atoms with Crippen molar-refractivity contribution in [1.82, 2.24) is 14.8 Å². The van der Waals surface area contributed by atoms with E-state index in [4.69, 9.17) is 0 Å². The van der Waals surface area contributed by atoms with E-state index in [0.29, 0.717) is 0 Å². The number of benzene rings is 2. The van der Waals surface area contributed by atoms with E-state index in [1.165, 1.54) is 5.56 Å². The number of aromatic nitrogens is 1. The van der Waals surface area contributed by atoms with Gasteiger partial charge in [0.15, 0.2) is 0 Å². The van der Waals surface area contributed by atoms with E-state index in [0.717, 1.165) is 55.5 Å². The molecule has 1 aliphatic heterocycles. The second kappa shape index (κ2) is 8.50. The molecule has 28 heavy (non-hydrogen) atoms. The molecule has 0 saturated carbocycles. The van der Waals surface area contributed by atoms with Crippen LogP contribution < -0.4 is 0 Å². The van der Waals surface area contributed by atoms with Crippen molar-refractivity contribution in [1.29, 1.82) is 0 Å². The molecule has 2 heterocycles. The van der Waals surface area contributed by atoms with Crippen LogP contribution in [0.1, 0.15) is 23.6 Å². The lowest BCUT2D eigenvalue weighted by molar-refractivity contribution is -0.143. The molecule has 1 fully saturated rings. The SMILES string of the molecule is O=C(O)[C@H](c1cccc2ccccc12)N1CCCN(Cc2ccncc2)CC1. The van der Waals surface area contributed by atoms with Gasteiger partial charge in [0, 0.05) is 38.6 Å². The molecular weight excluding hydrogens is 350 g/mol. The molecule has 5 nitrogen and oxygen atoms in total. The lowest BCUT2D eigenvalue weighted by Gasteiger charge is -2.28. The van der Waals surface area contributed by atoms with E-state index in [2.05, 4.69) is 14.8 Å². The van der Waals surface area contributed by atoms with Crippen LogP contribution in [0.15, 0.2) is 67.0 Å². The summed E-state index contributed by atoms with van der Waals surface area (Å²) in [7, 11) is 0. The van der Waals surface area contributed by atoms with Crippen molar-refractivity contribution in [2.24, 2.45) is 0 Å². The molecule has 3 aromatic rings. The Balaban J connectivity index is 1.55. The first-order valence-electron chi connectivity index (χ1n) is 9.78. The summed E-state index contributed by atoms with van der Waals surface area (Å²) in [6.07, 6.45) is 4.60. The molecule has 0 aliphatic carbocycles. The van der Waals surface area contributed by atoms with Gasteiger partial charge in [-0.2, -0.15) is 0 Å². The summed E-state index contributed by atoms with van der Waals surface area (Å²) in [5.41, 5.74) is 2.13. The second-order valence-corrected chi connectivity index (χ2v) is 7.33. The Morgan fingerprint density at radius 1 is 0.964 bits per heavy atom. The zero-order chi connectivity index (χ0) is 19.3. The number of carboxylic acids is 1. The lowest BCUT2D eigenvalue weighted by atomic mass is 9.97. The number of pyridine rings is 1. The third-order valence-electron chi connectivity index (χ3n) is 5.50. The number of fused-ring (bicyclic) bond motifs is 1. The van der Waals surface area contributed by atoms with Crippen LogP contribution in [0.25, 0.3) is 10.8 Å². The predicted octanol–water partition coefficient (Wildman–Crippen LogP) is 3.57. The second-order valence-electron chi connectivity index (χ2n) is 7.33. The average molecular weight is 375 g/mol. The number of hydrogen-bond donors (Lipinski definition) is 1. The first kappa shape index (κ1) is 18.6. The van der Waals surface area contributed by atoms with Gasteiger partial charge in [-0.1, -0.05) is 42.5 Å². The maximum Gasteiger partial charge on any atom is 0.325 e. The number of carbonyl (C=O) groups is 1. The molecular formula is C23H25N3O2. The minimum Gasteiger partial charge on any atom is -0.480 e. The molecule has 0 spiro atoms. The van der Waals surface area contributed by atoms with Gasteiger partial charge in [-0.25, -0.2) is 0 Å². The number of hydrogen-bond acceptors (Lipinski definition) is 4. The molecule has 0 bridgehead atoms. The Hall–Kier alpha value is -2.76. The standard InChI is InChI=1S/C23H25N3O2/c27-23(28)22(21-8-3-6-19-5-1-2-7-20(19)21)26-14-4-13-25(15-16-26)17-18-9-11-24-12-10-18/h1-3,5-12,22H,4,13-17H2,(H,27,28)/t22-/m0/s1. The monoisotopic (exact) mass is 375 g/mol. The highest BCUT2D eigenvalue weighted by atomic mass is 16.4. The lowest BCUT2D eigenvalue weighted by Crippen LogP contribution is -2.37. The molecule has 0 unspecified atom stereocenters. The molecule has 5 heteroatoms. The maximum absolute atomic E-state index is 12.3. The highest BCUT2D eigenvalue weighted by Crippen LogP contribution is 2.29. The van der Waals surface area contributed by atoms with Gasteiger partial charge >= 0.3 is 5.97 Å². The Kier molecular flexibility index (Phi) is 5.65. The van der Waals surface area contributed by atoms with Gasteiger partial charge in [-0.05, 0) is 47.0 Å². The summed E-state index contributed by atoms with van der Waals surface area (Å²) in [5, 5.41) is 12.2. The van der Waals surface area contributed by atoms with Crippen molar-refractivity contribution in [3.63, 3.8) is 0 Å². The number of aliphatic carboxylic acids is 1. The van der Waals surface area contributed by atoms with Gasteiger partial charge < -0.3 is 5.11 Å². The average Bonchev–Trinajstić information content (AvgIpc) is 2.94. The van der Waals surface area contributed by atoms with Gasteiger partial charge in [0.25, 0.3) is 0 Å². The Bertz CT molecular complexity index is 939. The van der Waals surface area contributed by atoms with Gasteiger partial charge in [-0.15, -0.1) is 0 Å². The van der Waals surface area contributed by atoms with E-state index in [1.807, 2.05) is 67.0 Å². The number of rotatable bonds is 5. The minimum absolute atomic E-state index is 0.619. The summed E-state index contributed by atoms with van der Waals surface area (Å²) < 4.78 is 0. The van der Waals surface area contributed by atoms with Gasteiger partial charge in [0.1, 0.15) is 6.04 Å². The summed E-state index contributed by atoms with van der Waals surface area (Å²) in [4.78, 5) is 20.9. The van der Waals surface area contributed by atoms with Crippen LogP contribution in [0.3, 0.4) is 0 Å². The van der Waals surface area contributed by atoms with Gasteiger partial charge in [0.2, 0.25) is 0 Å². The van der Waals surface area contributed by atoms with Crippen LogP contribution >= 0.6 is 0 Å². The smallest absolute Gasteiger partial charge is 0.325 e. The van der Waals surface area contributed by atoms with Crippen LogP contribution in [-0.4, -0.2) is 52.0 Å². The summed E-state index contributed by atoms with van der Waals surface area (Å²) >= 11 is 0. The summed E-state index contributed by atoms with van der Waals surface area (Å²) in [6, 6.07) is 17.4. The molecule has 1 saturated heterocycles. The topological polar surface area (TPSA) is 56.7 Å². The van der Waals surface area contributed by atoms with E-state index < -0.39 is 12.0 Å². The van der Waals surface area contributed by atoms with Crippen molar-refractivity contribution in [3.8, 4) is 0 Å². The fourth-order valence-electron chi connectivity index (χ4n) is 4.13. The summed E-state index contributed by atoms with van der Waals surface area (Å²) in [6.45, 7) is 4.23. The van der Waals surface area contributed by atoms with Gasteiger partial charge in [0.05, 0.1) is 0 Å². The first-order chi connectivity index (χ1) is 13.7. The molecule has 1 aliphatic rings. The Labute approximate surface area is 165 Å². The highest BCUT2D eigenvalue weighted by molar-refractivity contribution is 5.90. The predicted molar refractivity (Wildman–Crippen MR) is 110 cm³/mol. The Morgan fingerprint density at radius 2 is 1.75 bits per heavy atom. The quantitative estimate of drug-likeness (QED) is 0.739. The molecule has 1 N–H and O–H groups in total. The summed E-state index contributed by atoms with van der Waals surface area (Å²) in [5.74, 6) is -0.779. The molecule has 2 aromatic carbocycles. The van der Waals surface area contributed by atoms with Crippen molar-refractivity contribution < 1.29 is 9.90 Å². The first-order valence-corrected chi connectivity index (χ1v) is 9.78. The molecule has 1 atom stereocenters. The van der Waals surface area contributed by atoms with Crippen LogP contribution in [0.2, 0.25) is 0 Å². The van der Waals surface area contributed by atoms with E-state index in [-0.39, 0.29) is 0 Å². The largest absolute Gasteiger partial charge is 0.480 e. The molecule has 144 valence electrons. The number of carboxylic acid groups (broad SMARTS) is 1. The zero-order valence-corrected chi connectivity index (χ0v) is 15.9. The zero-order valence-electron chi connectivity index (χ0n) is 15.9. The van der Waals surface area contributed by atoms with Crippen LogP contribution in [0.4, 0.5) is 0 Å². The van der Waals surface area contributed by atoms with Crippen LogP contribution in [-0.2, 0) is 11.3 Å².